The van der Waals surface area contributed by atoms with Crippen molar-refractivity contribution in [3.8, 4) is 0 Å². The van der Waals surface area contributed by atoms with Gasteiger partial charge in [0.05, 0.1) is 12.8 Å². The van der Waals surface area contributed by atoms with E-state index in [9.17, 15) is 38.4 Å². The lowest BCUT2D eigenvalue weighted by molar-refractivity contribution is -0.211. The van der Waals surface area contributed by atoms with E-state index in [0.29, 0.717) is 34.8 Å². The summed E-state index contributed by atoms with van der Waals surface area (Å²) in [7, 11) is 0. The lowest BCUT2D eigenvalue weighted by atomic mass is 9.49. The van der Waals surface area contributed by atoms with Gasteiger partial charge in [0.1, 0.15) is 35.6 Å². The number of ether oxygens (including phenoxy) is 8. The number of carbonyl (C=O) groups is 8. The Morgan fingerprint density at radius 2 is 0.750 bits per heavy atom. The maximum Gasteiger partial charge on any atom is 0.344 e. The molecule has 10 aliphatic carbocycles. The molecule has 0 amide bonds. The first kappa shape index (κ1) is 65.5. The zero-order valence-corrected chi connectivity index (χ0v) is 49.8. The van der Waals surface area contributed by atoms with Gasteiger partial charge in [-0.25, -0.2) is 28.8 Å². The van der Waals surface area contributed by atoms with Crippen LogP contribution in [0.15, 0.2) is 48.6 Å². The molecule has 0 aromatic heterocycles. The van der Waals surface area contributed by atoms with Crippen LogP contribution in [0.3, 0.4) is 0 Å². The maximum atomic E-state index is 12.3. The van der Waals surface area contributed by atoms with Crippen molar-refractivity contribution in [2.24, 2.45) is 47.3 Å². The summed E-state index contributed by atoms with van der Waals surface area (Å²) in [6.07, 6.45) is 24.8. The molecule has 16 nitrogen and oxygen atoms in total. The topological polar surface area (TPSA) is 210 Å². The van der Waals surface area contributed by atoms with Gasteiger partial charge in [-0.3, -0.25) is 9.59 Å². The fraction of sp³-hybridized carbons (Fsp3) is 0.750. The molecule has 0 unspecified atom stereocenters. The average Bonchev–Trinajstić information content (AvgIpc) is 3.50. The molecule has 10 aliphatic rings. The highest BCUT2D eigenvalue weighted by Crippen LogP contribution is 2.61. The molecule has 80 heavy (non-hydrogen) atoms. The van der Waals surface area contributed by atoms with Gasteiger partial charge in [0.15, 0.2) is 13.2 Å². The van der Waals surface area contributed by atoms with Gasteiger partial charge < -0.3 is 37.9 Å². The Morgan fingerprint density at radius 1 is 0.400 bits per heavy atom. The van der Waals surface area contributed by atoms with E-state index in [1.54, 1.807) is 20.8 Å². The molecule has 0 aliphatic heterocycles. The van der Waals surface area contributed by atoms with Gasteiger partial charge in [-0.1, -0.05) is 53.0 Å². The Bertz CT molecular complexity index is 2200. The smallest absolute Gasteiger partial charge is 0.344 e. The van der Waals surface area contributed by atoms with E-state index in [1.165, 1.54) is 84.0 Å². The van der Waals surface area contributed by atoms with Crippen molar-refractivity contribution in [2.75, 3.05) is 26.4 Å². The van der Waals surface area contributed by atoms with Gasteiger partial charge in [0.25, 0.3) is 0 Å². The van der Waals surface area contributed by atoms with Gasteiger partial charge in [-0.2, -0.15) is 0 Å². The fourth-order valence-corrected chi connectivity index (χ4v) is 14.5. The second-order valence-electron chi connectivity index (χ2n) is 25.2. The normalized spacial score (nSPS) is 29.3. The summed E-state index contributed by atoms with van der Waals surface area (Å²) < 4.78 is 42.3. The summed E-state index contributed by atoms with van der Waals surface area (Å²) in [6, 6.07) is 0. The average molecular weight is 1120 g/mol. The van der Waals surface area contributed by atoms with E-state index in [0.717, 1.165) is 87.9 Å². The summed E-state index contributed by atoms with van der Waals surface area (Å²) in [4.78, 5) is 92.6. The van der Waals surface area contributed by atoms with Crippen molar-refractivity contribution in [3.63, 3.8) is 0 Å². The second-order valence-corrected chi connectivity index (χ2v) is 25.2. The molecule has 448 valence electrons. The van der Waals surface area contributed by atoms with E-state index < -0.39 is 35.8 Å². The van der Waals surface area contributed by atoms with E-state index in [4.69, 9.17) is 37.9 Å². The summed E-state index contributed by atoms with van der Waals surface area (Å²) in [6.45, 7) is 27.9. The van der Waals surface area contributed by atoms with E-state index in [2.05, 4.69) is 40.2 Å². The van der Waals surface area contributed by atoms with Crippen molar-refractivity contribution < 1.29 is 76.3 Å². The van der Waals surface area contributed by atoms with Crippen LogP contribution in [0.25, 0.3) is 0 Å². The Labute approximate surface area is 476 Å². The summed E-state index contributed by atoms with van der Waals surface area (Å²) >= 11 is 0. The monoisotopic (exact) mass is 1120 g/mol. The molecule has 0 aromatic carbocycles. The molecule has 0 N–H and O–H groups in total. The fourth-order valence-electron chi connectivity index (χ4n) is 14.5. The third-order valence-electron chi connectivity index (χ3n) is 18.6. The Balaban J connectivity index is 0.000000198. The highest BCUT2D eigenvalue weighted by molar-refractivity contribution is 5.89. The lowest BCUT2D eigenvalue weighted by Crippen LogP contribution is -2.59. The number of hydrogen-bond acceptors (Lipinski definition) is 16. The Kier molecular flexibility index (Phi) is 24.3. The predicted molar refractivity (Wildman–Crippen MR) is 300 cm³/mol. The van der Waals surface area contributed by atoms with E-state index >= 15 is 0 Å². The van der Waals surface area contributed by atoms with Gasteiger partial charge >= 0.3 is 47.8 Å². The minimum atomic E-state index is -0.559. The summed E-state index contributed by atoms with van der Waals surface area (Å²) in [5.41, 5.74) is -0.0278. The van der Waals surface area contributed by atoms with Gasteiger partial charge in [0, 0.05) is 22.3 Å². The van der Waals surface area contributed by atoms with Crippen LogP contribution >= 0.6 is 0 Å². The van der Waals surface area contributed by atoms with Crippen molar-refractivity contribution in [1.29, 1.82) is 0 Å². The minimum absolute atomic E-state index is 0.0706. The van der Waals surface area contributed by atoms with Crippen LogP contribution in [0.4, 0.5) is 0 Å². The Hall–Kier alpha value is -5.28. The van der Waals surface area contributed by atoms with Crippen LogP contribution in [-0.4, -0.2) is 96.6 Å². The maximum absolute atomic E-state index is 12.3. The number of carbonyl (C=O) groups excluding carboxylic acids is 8. The quantitative estimate of drug-likeness (QED) is 0.0630. The molecule has 16 heteroatoms. The van der Waals surface area contributed by atoms with E-state index in [1.807, 2.05) is 13.8 Å². The van der Waals surface area contributed by atoms with E-state index in [-0.39, 0.29) is 84.8 Å². The molecule has 10 saturated carbocycles. The zero-order valence-electron chi connectivity index (χ0n) is 49.8. The lowest BCUT2D eigenvalue weighted by Gasteiger charge is -2.60. The molecular weight excluding hydrogens is 1020 g/mol. The van der Waals surface area contributed by atoms with Crippen molar-refractivity contribution in [3.05, 3.63) is 48.6 Å². The van der Waals surface area contributed by atoms with Crippen molar-refractivity contribution in [1.82, 2.24) is 0 Å². The first-order valence-electron chi connectivity index (χ1n) is 29.9. The second kappa shape index (κ2) is 29.6. The van der Waals surface area contributed by atoms with Crippen LogP contribution < -0.4 is 0 Å². The Morgan fingerprint density at radius 3 is 1.12 bits per heavy atom. The highest BCUT2D eigenvalue weighted by atomic mass is 16.6. The number of hydrogen-bond donors (Lipinski definition) is 0. The molecule has 0 spiro atoms. The number of esters is 8. The molecule has 0 saturated heterocycles. The zero-order chi connectivity index (χ0) is 59.0. The van der Waals surface area contributed by atoms with Crippen molar-refractivity contribution >= 4 is 47.8 Å². The van der Waals surface area contributed by atoms with Crippen LogP contribution in [0, 0.1) is 47.3 Å². The largest absolute Gasteiger partial charge is 0.462 e. The van der Waals surface area contributed by atoms with Crippen molar-refractivity contribution in [2.45, 2.75) is 232 Å². The molecule has 8 bridgehead atoms. The molecule has 0 heterocycles. The van der Waals surface area contributed by atoms with Crippen LogP contribution in [0.5, 0.6) is 0 Å². The predicted octanol–water partition coefficient (Wildman–Crippen LogP) is 12.0. The molecule has 10 rings (SSSR count). The van der Waals surface area contributed by atoms with Crippen LogP contribution in [0.2, 0.25) is 0 Å². The first-order chi connectivity index (χ1) is 37.7. The number of rotatable bonds is 20. The highest BCUT2D eigenvalue weighted by Gasteiger charge is 2.59. The summed E-state index contributed by atoms with van der Waals surface area (Å²) in [5, 5.41) is 0. The molecule has 0 atom stereocenters. The van der Waals surface area contributed by atoms with Crippen LogP contribution in [-0.2, 0) is 76.3 Å². The molecule has 10 fully saturated rings. The molecule has 0 aromatic rings. The summed E-state index contributed by atoms with van der Waals surface area (Å²) in [5.74, 6) is 2.09. The molecule has 0 radical (unpaired) electrons. The first-order valence-corrected chi connectivity index (χ1v) is 29.9. The van der Waals surface area contributed by atoms with Gasteiger partial charge in [-0.15, -0.1) is 0 Å². The third kappa shape index (κ3) is 18.4. The molecular formula is C64H96O16. The standard InChI is InChI=1S/C19H28O4.C18H26O4.C14H22O4.C13H20O4/c1-4-19(23-17(20)5-6-22-18(21)12(2)3)15-8-13-7-14(10-15)11-16(19)9-13;1-11(2)17(20)21-5-4-16(19)22-18(3)14-7-12-6-13(9-14)10-15(18)8-12;1-4-14(8-6-5-7-9-14)18-12(15)10-17-13(16)11(2)3;1-10(2)12(15)16-9-11(14)17-13(3)7-5-4-6-8-13/h13-16H,2,4-11H2,1,3H3;12-15H,1,4-10H2,2-3H3;2,4-10H2,1,3H3;1,4-9H2,2-3H3. The third-order valence-corrected chi connectivity index (χ3v) is 18.6. The van der Waals surface area contributed by atoms with Gasteiger partial charge in [-0.05, 0) is 217 Å². The van der Waals surface area contributed by atoms with Crippen LogP contribution in [0.1, 0.15) is 209 Å². The SMILES string of the molecule is C=C(C)C(=O)OCC(=O)OC1(C)CCCCC1.C=C(C)C(=O)OCC(=O)OC1(CC)CCCCC1.C=C(C)C(=O)OCCC(=O)OC1(C)C2CC3CC(C2)CC1C3.C=C(C)C(=O)OCCC(=O)OC1(CC)C2CC3CC(C2)CC1C3. The minimum Gasteiger partial charge on any atom is -0.462 e. The van der Waals surface area contributed by atoms with Gasteiger partial charge in [0.2, 0.25) is 0 Å².